The number of hydrogen-bond acceptors (Lipinski definition) is 13. The fourth-order valence-corrected chi connectivity index (χ4v) is 6.77. The average Bonchev–Trinajstić information content (AvgIpc) is 3.76. The lowest BCUT2D eigenvalue weighted by atomic mass is 9.90. The molecular weight excluding hydrogens is 674 g/mol. The summed E-state index contributed by atoms with van der Waals surface area (Å²) in [5.74, 6) is -1.31. The largest absolute Gasteiger partial charge is 0.479 e. The van der Waals surface area contributed by atoms with Crippen LogP contribution in [0.15, 0.2) is 65.7 Å². The topological polar surface area (TPSA) is 225 Å². The molecule has 0 radical (unpaired) electrons. The van der Waals surface area contributed by atoms with Gasteiger partial charge in [0.15, 0.2) is 17.7 Å². The fraction of sp³-hybridized carbons (Fsp3) is 0.276. The number of imidazole rings is 1. The number of nitrogens with one attached hydrogen (secondary N) is 1. The number of aliphatic carboxylic acids is 1. The predicted molar refractivity (Wildman–Crippen MR) is 172 cm³/mol. The number of hydrogen-bond donors (Lipinski definition) is 5. The third-order valence-corrected chi connectivity index (χ3v) is 9.00. The summed E-state index contributed by atoms with van der Waals surface area (Å²) in [4.78, 5) is 29.4. The third kappa shape index (κ3) is 6.51. The number of carbonyl (C=O) groups is 1. The van der Waals surface area contributed by atoms with E-state index in [2.05, 4.69) is 24.7 Å². The Morgan fingerprint density at radius 2 is 1.89 bits per heavy atom. The van der Waals surface area contributed by atoms with Crippen molar-refractivity contribution in [3.8, 4) is 11.1 Å². The van der Waals surface area contributed by atoms with Crippen LogP contribution in [0.2, 0.25) is 5.28 Å². The summed E-state index contributed by atoms with van der Waals surface area (Å²) < 4.78 is 39.7. The first-order valence-corrected chi connectivity index (χ1v) is 17.2. The van der Waals surface area contributed by atoms with Crippen molar-refractivity contribution < 1.29 is 38.0 Å². The molecule has 5 aromatic rings. The third-order valence-electron chi connectivity index (χ3n) is 7.66. The van der Waals surface area contributed by atoms with Gasteiger partial charge in [-0.2, -0.15) is 9.97 Å². The molecule has 5 atom stereocenters. The number of carboxylic acid groups (broad SMARTS) is 1. The molecule has 6 N–H and O–H groups in total. The monoisotopic (exact) mass is 701 g/mol. The van der Waals surface area contributed by atoms with Crippen LogP contribution in [0.25, 0.3) is 22.3 Å². The van der Waals surface area contributed by atoms with Crippen LogP contribution in [0.3, 0.4) is 0 Å². The molecule has 3 aromatic heterocycles. The number of ether oxygens (including phenoxy) is 2. The van der Waals surface area contributed by atoms with Gasteiger partial charge in [-0.25, -0.2) is 23.2 Å². The molecule has 6 rings (SSSR count). The standard InChI is InChI=1S/C29H28ClN7O8S2/c1-47(42,43)36-18-5-3-2-4-17(18)16-8-6-15(7-9-16)10-29(27(40)41,20-12-46-14-33-20)44-11-19-22(38)23(39)26(45-19)37-13-32-21-24(31)34-28(30)35-25(21)37/h2-9,12-14,19,22-23,26,36,38-39H,10-11H2,1H3,(H,40,41)(H2,31,34,35)/t19-,22-,23-,26-,29+/m1/s1. The number of thiazole rings is 1. The van der Waals surface area contributed by atoms with Crippen LogP contribution in [0.1, 0.15) is 17.5 Å². The first kappa shape index (κ1) is 32.7. The highest BCUT2D eigenvalue weighted by Crippen LogP contribution is 2.37. The highest BCUT2D eigenvalue weighted by Gasteiger charge is 2.49. The molecule has 0 unspecified atom stereocenters. The van der Waals surface area contributed by atoms with E-state index in [-0.39, 0.29) is 34.4 Å². The zero-order valence-electron chi connectivity index (χ0n) is 24.5. The number of aliphatic hydroxyl groups is 2. The lowest BCUT2D eigenvalue weighted by molar-refractivity contribution is -0.177. The van der Waals surface area contributed by atoms with Gasteiger partial charge in [0.05, 0.1) is 36.1 Å². The highest BCUT2D eigenvalue weighted by atomic mass is 35.5. The Balaban J connectivity index is 1.25. The molecule has 1 aliphatic heterocycles. The van der Waals surface area contributed by atoms with Crippen LogP contribution in [0.5, 0.6) is 0 Å². The Kier molecular flexibility index (Phi) is 8.88. The molecule has 0 saturated carbocycles. The van der Waals surface area contributed by atoms with Gasteiger partial charge in [0.2, 0.25) is 20.9 Å². The minimum absolute atomic E-state index is 0.0176. The molecule has 0 amide bonds. The number of halogens is 1. The van der Waals surface area contributed by atoms with Crippen molar-refractivity contribution in [3.63, 3.8) is 0 Å². The number of nitrogen functional groups attached to an aromatic ring is 1. The number of benzene rings is 2. The lowest BCUT2D eigenvalue weighted by Gasteiger charge is -2.30. The van der Waals surface area contributed by atoms with Crippen LogP contribution in [-0.2, 0) is 36.3 Å². The van der Waals surface area contributed by atoms with E-state index in [1.165, 1.54) is 27.7 Å². The molecule has 4 heterocycles. The van der Waals surface area contributed by atoms with Gasteiger partial charge in [-0.3, -0.25) is 9.29 Å². The molecule has 0 aliphatic carbocycles. The molecule has 1 saturated heterocycles. The van der Waals surface area contributed by atoms with Crippen molar-refractivity contribution in [3.05, 3.63) is 82.3 Å². The Hall–Kier alpha value is -4.23. The quantitative estimate of drug-likeness (QED) is 0.125. The fourth-order valence-electron chi connectivity index (χ4n) is 5.41. The molecule has 0 bridgehead atoms. The van der Waals surface area contributed by atoms with Crippen molar-refractivity contribution >= 4 is 61.6 Å². The lowest BCUT2D eigenvalue weighted by Crippen LogP contribution is -2.44. The van der Waals surface area contributed by atoms with Gasteiger partial charge in [-0.05, 0) is 28.8 Å². The van der Waals surface area contributed by atoms with Gasteiger partial charge in [0, 0.05) is 17.4 Å². The summed E-state index contributed by atoms with van der Waals surface area (Å²) in [5, 5.41) is 33.8. The van der Waals surface area contributed by atoms with E-state index in [9.17, 15) is 28.5 Å². The first-order valence-electron chi connectivity index (χ1n) is 14.0. The summed E-state index contributed by atoms with van der Waals surface area (Å²) in [5.41, 5.74) is 8.18. The minimum atomic E-state index is -3.53. The molecule has 0 spiro atoms. The summed E-state index contributed by atoms with van der Waals surface area (Å²) in [6.45, 7) is -0.439. The van der Waals surface area contributed by atoms with Crippen LogP contribution in [0.4, 0.5) is 11.5 Å². The molecule has 2 aromatic carbocycles. The maximum Gasteiger partial charge on any atom is 0.342 e. The van der Waals surface area contributed by atoms with Crippen LogP contribution >= 0.6 is 22.9 Å². The van der Waals surface area contributed by atoms with Crippen molar-refractivity contribution in [1.29, 1.82) is 0 Å². The van der Waals surface area contributed by atoms with Gasteiger partial charge < -0.3 is 30.5 Å². The van der Waals surface area contributed by atoms with Crippen molar-refractivity contribution in [2.24, 2.45) is 0 Å². The number of aliphatic hydroxyl groups excluding tert-OH is 2. The van der Waals surface area contributed by atoms with Gasteiger partial charge >= 0.3 is 5.97 Å². The first-order chi connectivity index (χ1) is 22.4. The zero-order chi connectivity index (χ0) is 33.5. The maximum absolute atomic E-state index is 13.0. The van der Waals surface area contributed by atoms with E-state index in [0.29, 0.717) is 22.4 Å². The molecule has 18 heteroatoms. The Labute approximate surface area is 276 Å². The second-order valence-electron chi connectivity index (χ2n) is 10.9. The molecule has 1 fully saturated rings. The van der Waals surface area contributed by atoms with E-state index in [4.69, 9.17) is 26.8 Å². The molecule has 47 heavy (non-hydrogen) atoms. The number of nitrogens with zero attached hydrogens (tertiary/aromatic N) is 5. The van der Waals surface area contributed by atoms with E-state index in [1.807, 2.05) is 0 Å². The number of para-hydroxylation sites is 1. The number of aromatic nitrogens is 5. The molecule has 15 nitrogen and oxygen atoms in total. The van der Waals surface area contributed by atoms with Crippen LogP contribution in [-0.4, -0.2) is 85.4 Å². The van der Waals surface area contributed by atoms with Crippen molar-refractivity contribution in [2.45, 2.75) is 36.6 Å². The highest BCUT2D eigenvalue weighted by molar-refractivity contribution is 7.92. The number of sulfonamides is 1. The van der Waals surface area contributed by atoms with E-state index >= 15 is 0 Å². The van der Waals surface area contributed by atoms with Gasteiger partial charge in [0.1, 0.15) is 23.8 Å². The van der Waals surface area contributed by atoms with E-state index in [1.54, 1.807) is 53.9 Å². The summed E-state index contributed by atoms with van der Waals surface area (Å²) in [7, 11) is -3.53. The summed E-state index contributed by atoms with van der Waals surface area (Å²) in [6, 6.07) is 13.8. The van der Waals surface area contributed by atoms with Crippen molar-refractivity contribution in [1.82, 2.24) is 24.5 Å². The van der Waals surface area contributed by atoms with Gasteiger partial charge in [0.25, 0.3) is 0 Å². The molecule has 246 valence electrons. The predicted octanol–water partition coefficient (Wildman–Crippen LogP) is 2.42. The van der Waals surface area contributed by atoms with Crippen molar-refractivity contribution in [2.75, 3.05) is 23.3 Å². The minimum Gasteiger partial charge on any atom is -0.479 e. The van der Waals surface area contributed by atoms with Crippen LogP contribution in [0, 0.1) is 0 Å². The number of carboxylic acids is 1. The smallest absolute Gasteiger partial charge is 0.342 e. The van der Waals surface area contributed by atoms with Gasteiger partial charge in [-0.1, -0.05) is 42.5 Å². The van der Waals surface area contributed by atoms with E-state index in [0.717, 1.165) is 6.26 Å². The second-order valence-corrected chi connectivity index (χ2v) is 13.7. The SMILES string of the molecule is CS(=O)(=O)Nc1ccccc1-c1ccc(C[C@@](OC[C@H]2O[C@@H](n3cnc4c(N)nc(Cl)nc43)[C@H](O)[C@@H]2O)(C(=O)O)c2cscn2)cc1. The van der Waals surface area contributed by atoms with E-state index < -0.39 is 52.7 Å². The number of fused-ring (bicyclic) bond motifs is 1. The summed E-state index contributed by atoms with van der Waals surface area (Å²) >= 11 is 7.15. The summed E-state index contributed by atoms with van der Waals surface area (Å²) in [6.07, 6.45) is -3.08. The number of anilines is 2. The molecular formula is C29H28ClN7O8S2. The Morgan fingerprint density at radius 3 is 2.57 bits per heavy atom. The molecule has 1 aliphatic rings. The zero-order valence-corrected chi connectivity index (χ0v) is 26.9. The Morgan fingerprint density at radius 1 is 1.15 bits per heavy atom. The van der Waals surface area contributed by atoms with Gasteiger partial charge in [-0.15, -0.1) is 11.3 Å². The second kappa shape index (κ2) is 12.8. The Bertz CT molecular complexity index is 2030. The maximum atomic E-state index is 13.0. The normalized spacial score (nSPS) is 21.1. The average molecular weight is 702 g/mol. The number of nitrogens with two attached hydrogens (primary N) is 1. The van der Waals surface area contributed by atoms with Crippen LogP contribution < -0.4 is 10.5 Å². The number of rotatable bonds is 11.